The van der Waals surface area contributed by atoms with E-state index in [0.29, 0.717) is 32.7 Å². The lowest BCUT2D eigenvalue weighted by Crippen LogP contribution is -2.50. The lowest BCUT2D eigenvalue weighted by molar-refractivity contribution is -0.139. The Morgan fingerprint density at radius 2 is 1.73 bits per heavy atom. The first-order valence-corrected chi connectivity index (χ1v) is 14.4. The summed E-state index contributed by atoms with van der Waals surface area (Å²) in [5.41, 5.74) is 2.68. The third-order valence-electron chi connectivity index (χ3n) is 8.35. The van der Waals surface area contributed by atoms with Crippen LogP contribution in [0.25, 0.3) is 0 Å². The van der Waals surface area contributed by atoms with Crippen LogP contribution < -0.4 is 5.32 Å². The number of amides is 2. The molecule has 2 N–H and O–H groups in total. The maximum atomic E-state index is 13.7. The number of carbonyl (C=O) groups excluding carboxylic acids is 1. The van der Waals surface area contributed by atoms with Gasteiger partial charge in [-0.25, -0.2) is 4.79 Å². The van der Waals surface area contributed by atoms with E-state index < -0.39 is 17.8 Å². The van der Waals surface area contributed by atoms with Crippen LogP contribution in [0.3, 0.4) is 0 Å². The minimum absolute atomic E-state index is 0.0246. The molecule has 0 bridgehead atoms. The molecule has 2 aliphatic heterocycles. The molecule has 0 aromatic heterocycles. The standard InChI is InChI=1S/C30H38F3N5O3/c31-30(32,33)26-6-2-1-4-24(26)21-38(17-14-35-12-15-37(16-13-35)29(40)41)28(39)18-34-27-7-3-5-23-20-36(11-10-25(23)27)19-22-8-9-22/h1-7,22,34H,8-21H2,(H,40,41). The van der Waals surface area contributed by atoms with E-state index in [1.54, 1.807) is 6.07 Å². The van der Waals surface area contributed by atoms with Crippen molar-refractivity contribution in [3.8, 4) is 0 Å². The molecule has 2 fully saturated rings. The quantitative estimate of drug-likeness (QED) is 0.444. The molecule has 222 valence electrons. The Balaban J connectivity index is 1.25. The third kappa shape index (κ3) is 7.71. The van der Waals surface area contributed by atoms with E-state index >= 15 is 0 Å². The second-order valence-electron chi connectivity index (χ2n) is 11.3. The molecule has 1 saturated carbocycles. The number of benzene rings is 2. The van der Waals surface area contributed by atoms with Crippen LogP contribution in [0, 0.1) is 5.92 Å². The summed E-state index contributed by atoms with van der Waals surface area (Å²) in [7, 11) is 0. The average molecular weight is 574 g/mol. The lowest BCUT2D eigenvalue weighted by atomic mass is 9.97. The molecular weight excluding hydrogens is 535 g/mol. The van der Waals surface area contributed by atoms with Crippen molar-refractivity contribution in [2.24, 2.45) is 5.92 Å². The number of fused-ring (bicyclic) bond motifs is 1. The number of anilines is 1. The molecule has 2 heterocycles. The Labute approximate surface area is 238 Å². The van der Waals surface area contributed by atoms with Crippen LogP contribution in [-0.4, -0.2) is 95.6 Å². The minimum Gasteiger partial charge on any atom is -0.465 e. The molecule has 3 aliphatic rings. The topological polar surface area (TPSA) is 79.4 Å². The first-order valence-electron chi connectivity index (χ1n) is 14.4. The summed E-state index contributed by atoms with van der Waals surface area (Å²) in [6.45, 7) is 5.26. The van der Waals surface area contributed by atoms with E-state index in [-0.39, 0.29) is 31.1 Å². The number of piperazine rings is 1. The minimum atomic E-state index is -4.52. The fraction of sp³-hybridized carbons (Fsp3) is 0.533. The SMILES string of the molecule is O=C(O)N1CCN(CCN(Cc2ccccc2C(F)(F)F)C(=O)CNc2cccc3c2CCN(CC2CC2)C3)CC1. The highest BCUT2D eigenvalue weighted by Crippen LogP contribution is 2.34. The van der Waals surface area contributed by atoms with Gasteiger partial charge >= 0.3 is 12.3 Å². The van der Waals surface area contributed by atoms with Crippen molar-refractivity contribution in [1.29, 1.82) is 0 Å². The van der Waals surface area contributed by atoms with E-state index in [4.69, 9.17) is 0 Å². The van der Waals surface area contributed by atoms with Gasteiger partial charge in [-0.05, 0) is 54.0 Å². The maximum absolute atomic E-state index is 13.7. The number of hydrogen-bond donors (Lipinski definition) is 2. The van der Waals surface area contributed by atoms with Crippen molar-refractivity contribution in [3.05, 3.63) is 64.7 Å². The summed E-state index contributed by atoms with van der Waals surface area (Å²) in [5, 5.41) is 12.5. The highest BCUT2D eigenvalue weighted by atomic mass is 19.4. The van der Waals surface area contributed by atoms with Gasteiger partial charge < -0.3 is 20.2 Å². The second kappa shape index (κ2) is 12.7. The molecule has 0 atom stereocenters. The molecule has 0 unspecified atom stereocenters. The van der Waals surface area contributed by atoms with Gasteiger partial charge in [0, 0.05) is 71.1 Å². The number of hydrogen-bond acceptors (Lipinski definition) is 5. The molecule has 0 radical (unpaired) electrons. The zero-order valence-electron chi connectivity index (χ0n) is 23.2. The number of rotatable bonds is 10. The zero-order chi connectivity index (χ0) is 29.0. The highest BCUT2D eigenvalue weighted by molar-refractivity contribution is 5.81. The van der Waals surface area contributed by atoms with Crippen molar-refractivity contribution in [2.75, 3.05) is 64.2 Å². The molecule has 1 aliphatic carbocycles. The van der Waals surface area contributed by atoms with Crippen LogP contribution in [0.5, 0.6) is 0 Å². The van der Waals surface area contributed by atoms with E-state index in [1.165, 1.54) is 45.9 Å². The molecular formula is C30H38F3N5O3. The maximum Gasteiger partial charge on any atom is 0.416 e. The second-order valence-corrected chi connectivity index (χ2v) is 11.3. The van der Waals surface area contributed by atoms with E-state index in [2.05, 4.69) is 16.3 Å². The fourth-order valence-corrected chi connectivity index (χ4v) is 5.79. The Kier molecular flexibility index (Phi) is 9.03. The van der Waals surface area contributed by atoms with Gasteiger partial charge in [0.25, 0.3) is 0 Å². The number of nitrogens with one attached hydrogen (secondary N) is 1. The molecule has 0 spiro atoms. The molecule has 11 heteroatoms. The summed E-state index contributed by atoms with van der Waals surface area (Å²) in [4.78, 5) is 32.1. The van der Waals surface area contributed by atoms with Gasteiger partial charge in [-0.1, -0.05) is 30.3 Å². The molecule has 5 rings (SSSR count). The molecule has 1 saturated heterocycles. The normalized spacial score (nSPS) is 18.2. The van der Waals surface area contributed by atoms with Gasteiger partial charge in [0.2, 0.25) is 5.91 Å². The summed E-state index contributed by atoms with van der Waals surface area (Å²) < 4.78 is 41.2. The molecule has 2 amide bonds. The monoisotopic (exact) mass is 573 g/mol. The average Bonchev–Trinajstić information content (AvgIpc) is 3.77. The van der Waals surface area contributed by atoms with E-state index in [0.717, 1.165) is 43.7 Å². The predicted molar refractivity (Wildman–Crippen MR) is 150 cm³/mol. The molecule has 2 aromatic carbocycles. The number of alkyl halides is 3. The molecule has 2 aromatic rings. The predicted octanol–water partition coefficient (Wildman–Crippen LogP) is 4.21. The van der Waals surface area contributed by atoms with Crippen molar-refractivity contribution >= 4 is 17.7 Å². The largest absolute Gasteiger partial charge is 0.465 e. The summed E-state index contributed by atoms with van der Waals surface area (Å²) >= 11 is 0. The van der Waals surface area contributed by atoms with Crippen LogP contribution in [0.15, 0.2) is 42.5 Å². The number of nitrogens with zero attached hydrogens (tertiary/aromatic N) is 4. The van der Waals surface area contributed by atoms with Gasteiger partial charge in [0.05, 0.1) is 12.1 Å². The zero-order valence-corrected chi connectivity index (χ0v) is 23.2. The molecule has 41 heavy (non-hydrogen) atoms. The Morgan fingerprint density at radius 1 is 0.976 bits per heavy atom. The van der Waals surface area contributed by atoms with Gasteiger partial charge in [-0.15, -0.1) is 0 Å². The summed E-state index contributed by atoms with van der Waals surface area (Å²) in [5.74, 6) is 0.542. The first kappa shape index (κ1) is 29.2. The van der Waals surface area contributed by atoms with Crippen LogP contribution in [0.2, 0.25) is 0 Å². The Bertz CT molecular complexity index is 1230. The number of halogens is 3. The fourth-order valence-electron chi connectivity index (χ4n) is 5.79. The van der Waals surface area contributed by atoms with Gasteiger partial charge in [0.15, 0.2) is 0 Å². The Hall–Kier alpha value is -3.31. The third-order valence-corrected chi connectivity index (χ3v) is 8.35. The van der Waals surface area contributed by atoms with Gasteiger partial charge in [-0.2, -0.15) is 13.2 Å². The Morgan fingerprint density at radius 3 is 2.44 bits per heavy atom. The smallest absolute Gasteiger partial charge is 0.416 e. The van der Waals surface area contributed by atoms with Crippen LogP contribution >= 0.6 is 0 Å². The lowest BCUT2D eigenvalue weighted by Gasteiger charge is -2.34. The van der Waals surface area contributed by atoms with E-state index in [1.807, 2.05) is 17.0 Å². The van der Waals surface area contributed by atoms with Gasteiger partial charge in [0.1, 0.15) is 0 Å². The van der Waals surface area contributed by atoms with Crippen molar-refractivity contribution in [2.45, 2.75) is 38.5 Å². The van der Waals surface area contributed by atoms with Crippen molar-refractivity contribution in [3.63, 3.8) is 0 Å². The number of carbonyl (C=O) groups is 2. The first-order chi connectivity index (χ1) is 19.7. The van der Waals surface area contributed by atoms with Crippen molar-refractivity contribution < 1.29 is 27.9 Å². The molecule has 8 nitrogen and oxygen atoms in total. The van der Waals surface area contributed by atoms with Gasteiger partial charge in [-0.3, -0.25) is 14.6 Å². The van der Waals surface area contributed by atoms with Crippen LogP contribution in [-0.2, 0) is 30.5 Å². The van der Waals surface area contributed by atoms with E-state index in [9.17, 15) is 27.9 Å². The van der Waals surface area contributed by atoms with Crippen LogP contribution in [0.1, 0.15) is 35.1 Å². The summed E-state index contributed by atoms with van der Waals surface area (Å²) in [6.07, 6.45) is -1.96. The van der Waals surface area contributed by atoms with Crippen LogP contribution in [0.4, 0.5) is 23.7 Å². The van der Waals surface area contributed by atoms with Crippen molar-refractivity contribution in [1.82, 2.24) is 19.6 Å². The number of carboxylic acid groups (broad SMARTS) is 1. The highest BCUT2D eigenvalue weighted by Gasteiger charge is 2.34. The summed E-state index contributed by atoms with van der Waals surface area (Å²) in [6, 6.07) is 11.5.